The van der Waals surface area contributed by atoms with Crippen LogP contribution in [0.1, 0.15) is 64.7 Å². The van der Waals surface area contributed by atoms with E-state index < -0.39 is 0 Å². The van der Waals surface area contributed by atoms with Crippen LogP contribution in [0.4, 0.5) is 0 Å². The van der Waals surface area contributed by atoms with E-state index in [1.165, 1.54) is 32.1 Å². The third-order valence-electron chi connectivity index (χ3n) is 3.10. The van der Waals surface area contributed by atoms with Crippen LogP contribution in [0.3, 0.4) is 0 Å². The molecular weight excluding hydrogens is 174 g/mol. The van der Waals surface area contributed by atoms with Gasteiger partial charge in [-0.2, -0.15) is 0 Å². The monoisotopic (exact) mass is 197 g/mol. The van der Waals surface area contributed by atoms with Crippen LogP contribution in [0.5, 0.6) is 0 Å². The van der Waals surface area contributed by atoms with Crippen molar-refractivity contribution < 1.29 is 4.79 Å². The second kappa shape index (κ2) is 5.50. The maximum Gasteiger partial charge on any atom is 0.152 e. The van der Waals surface area contributed by atoms with Crippen LogP contribution in [-0.2, 0) is 4.79 Å². The minimum absolute atomic E-state index is 0.299. The third-order valence-corrected chi connectivity index (χ3v) is 3.10. The summed E-state index contributed by atoms with van der Waals surface area (Å²) in [5, 5.41) is 0. The van der Waals surface area contributed by atoms with Crippen LogP contribution in [0.15, 0.2) is 0 Å². The van der Waals surface area contributed by atoms with E-state index in [9.17, 15) is 4.79 Å². The highest BCUT2D eigenvalue weighted by Crippen LogP contribution is 2.34. The van der Waals surface area contributed by atoms with Gasteiger partial charge in [-0.15, -0.1) is 0 Å². The van der Waals surface area contributed by atoms with Gasteiger partial charge in [0.15, 0.2) is 5.78 Å². The lowest BCUT2D eigenvalue weighted by Gasteiger charge is -2.06. The molecule has 1 aliphatic rings. The zero-order chi connectivity index (χ0) is 10.4. The van der Waals surface area contributed by atoms with Crippen molar-refractivity contribution in [3.05, 3.63) is 0 Å². The number of hydrogen-bond acceptors (Lipinski definition) is 2. The Bertz CT molecular complexity index is 185. The van der Waals surface area contributed by atoms with Gasteiger partial charge in [0, 0.05) is 6.42 Å². The molecule has 82 valence electrons. The Kier molecular flexibility index (Phi) is 4.59. The maximum absolute atomic E-state index is 11.5. The molecule has 1 saturated carbocycles. The Hall–Kier alpha value is -0.370. The van der Waals surface area contributed by atoms with Gasteiger partial charge < -0.3 is 5.73 Å². The summed E-state index contributed by atoms with van der Waals surface area (Å²) >= 11 is 0. The Balaban J connectivity index is 1.91. The summed E-state index contributed by atoms with van der Waals surface area (Å²) in [7, 11) is 0. The second-order valence-electron chi connectivity index (χ2n) is 4.60. The average Bonchev–Trinajstić information content (AvgIpc) is 2.91. The first-order valence-electron chi connectivity index (χ1n) is 6.01. The third kappa shape index (κ3) is 3.79. The smallest absolute Gasteiger partial charge is 0.152 e. The summed E-state index contributed by atoms with van der Waals surface area (Å²) in [4.78, 5) is 11.5. The molecule has 0 aliphatic heterocycles. The van der Waals surface area contributed by atoms with Gasteiger partial charge in [-0.1, -0.05) is 39.0 Å². The highest BCUT2D eigenvalue weighted by atomic mass is 16.1. The van der Waals surface area contributed by atoms with E-state index in [0.29, 0.717) is 12.2 Å². The maximum atomic E-state index is 11.5. The summed E-state index contributed by atoms with van der Waals surface area (Å²) in [6.45, 7) is 2.22. The molecule has 0 radical (unpaired) electrons. The van der Waals surface area contributed by atoms with Crippen molar-refractivity contribution in [1.82, 2.24) is 0 Å². The average molecular weight is 197 g/mol. The van der Waals surface area contributed by atoms with E-state index in [1.54, 1.807) is 0 Å². The first kappa shape index (κ1) is 11.7. The number of ketones is 1. The summed E-state index contributed by atoms with van der Waals surface area (Å²) in [5.41, 5.74) is 5.42. The predicted molar refractivity (Wildman–Crippen MR) is 59.2 cm³/mol. The summed E-state index contributed by atoms with van der Waals surface area (Å²) in [5.74, 6) is 0.299. The normalized spacial score (nSPS) is 18.1. The van der Waals surface area contributed by atoms with E-state index >= 15 is 0 Å². The first-order chi connectivity index (χ1) is 6.69. The molecule has 0 heterocycles. The van der Waals surface area contributed by atoms with Gasteiger partial charge in [0.2, 0.25) is 0 Å². The van der Waals surface area contributed by atoms with Gasteiger partial charge in [0.1, 0.15) is 0 Å². The Morgan fingerprint density at radius 2 is 1.71 bits per heavy atom. The lowest BCUT2D eigenvalue weighted by Crippen LogP contribution is -2.32. The van der Waals surface area contributed by atoms with Crippen molar-refractivity contribution in [1.29, 1.82) is 0 Å². The molecule has 1 fully saturated rings. The number of Topliss-reactive ketones (excluding diaryl/α,β-unsaturated/α-hetero) is 1. The zero-order valence-electron chi connectivity index (χ0n) is 9.35. The molecule has 0 aromatic heterocycles. The molecule has 0 amide bonds. The molecule has 2 nitrogen and oxygen atoms in total. The number of hydrogen-bond donors (Lipinski definition) is 1. The van der Waals surface area contributed by atoms with Crippen LogP contribution in [0, 0.1) is 0 Å². The molecule has 0 saturated heterocycles. The standard InChI is InChI=1S/C12H23NO/c1-2-3-4-5-6-7-8-11(14)12(13)9-10-12/h2-10,13H2,1H3. The highest BCUT2D eigenvalue weighted by molar-refractivity contribution is 5.90. The molecule has 0 unspecified atom stereocenters. The Morgan fingerprint density at radius 3 is 2.29 bits per heavy atom. The quantitative estimate of drug-likeness (QED) is 0.608. The van der Waals surface area contributed by atoms with Gasteiger partial charge >= 0.3 is 0 Å². The van der Waals surface area contributed by atoms with Crippen molar-refractivity contribution in [2.24, 2.45) is 5.73 Å². The molecule has 1 rings (SSSR count). The fourth-order valence-corrected chi connectivity index (χ4v) is 1.73. The molecule has 0 aromatic rings. The van der Waals surface area contributed by atoms with Crippen LogP contribution in [0.2, 0.25) is 0 Å². The number of unbranched alkanes of at least 4 members (excludes halogenated alkanes) is 5. The second-order valence-corrected chi connectivity index (χ2v) is 4.60. The highest BCUT2D eigenvalue weighted by Gasteiger charge is 2.44. The van der Waals surface area contributed by atoms with Gasteiger partial charge in [-0.25, -0.2) is 0 Å². The summed E-state index contributed by atoms with van der Waals surface area (Å²) in [6.07, 6.45) is 9.99. The molecule has 0 spiro atoms. The number of rotatable bonds is 8. The van der Waals surface area contributed by atoms with Crippen LogP contribution < -0.4 is 5.73 Å². The molecule has 1 aliphatic carbocycles. The fourth-order valence-electron chi connectivity index (χ4n) is 1.73. The van der Waals surface area contributed by atoms with Gasteiger partial charge in [-0.3, -0.25) is 4.79 Å². The first-order valence-corrected chi connectivity index (χ1v) is 6.01. The Morgan fingerprint density at radius 1 is 1.14 bits per heavy atom. The molecule has 14 heavy (non-hydrogen) atoms. The summed E-state index contributed by atoms with van der Waals surface area (Å²) in [6, 6.07) is 0. The Labute approximate surface area is 87.2 Å². The molecular formula is C12H23NO. The molecule has 0 aromatic carbocycles. The van der Waals surface area contributed by atoms with Crippen molar-refractivity contribution >= 4 is 5.78 Å². The molecule has 0 atom stereocenters. The van der Waals surface area contributed by atoms with E-state index in [0.717, 1.165) is 19.3 Å². The van der Waals surface area contributed by atoms with Gasteiger partial charge in [-0.05, 0) is 19.3 Å². The van der Waals surface area contributed by atoms with Crippen molar-refractivity contribution in [3.8, 4) is 0 Å². The van der Waals surface area contributed by atoms with E-state index in [-0.39, 0.29) is 5.54 Å². The topological polar surface area (TPSA) is 43.1 Å². The van der Waals surface area contributed by atoms with E-state index in [4.69, 9.17) is 5.73 Å². The van der Waals surface area contributed by atoms with Gasteiger partial charge in [0.25, 0.3) is 0 Å². The van der Waals surface area contributed by atoms with Gasteiger partial charge in [0.05, 0.1) is 5.54 Å². The minimum atomic E-state index is -0.385. The lowest BCUT2D eigenvalue weighted by atomic mass is 10.0. The summed E-state index contributed by atoms with van der Waals surface area (Å²) < 4.78 is 0. The number of carbonyl (C=O) groups excluding carboxylic acids is 1. The van der Waals surface area contributed by atoms with Crippen LogP contribution in [0.25, 0.3) is 0 Å². The molecule has 0 bridgehead atoms. The zero-order valence-corrected chi connectivity index (χ0v) is 9.35. The fraction of sp³-hybridized carbons (Fsp3) is 0.917. The molecule has 2 N–H and O–H groups in total. The molecule has 2 heteroatoms. The van der Waals surface area contributed by atoms with Crippen molar-refractivity contribution in [3.63, 3.8) is 0 Å². The number of nitrogens with two attached hydrogens (primary N) is 1. The number of carbonyl (C=O) groups is 1. The minimum Gasteiger partial charge on any atom is -0.319 e. The van der Waals surface area contributed by atoms with Crippen LogP contribution >= 0.6 is 0 Å². The van der Waals surface area contributed by atoms with E-state index in [1.807, 2.05) is 0 Å². The van der Waals surface area contributed by atoms with Crippen molar-refractivity contribution in [2.75, 3.05) is 0 Å². The largest absolute Gasteiger partial charge is 0.319 e. The van der Waals surface area contributed by atoms with E-state index in [2.05, 4.69) is 6.92 Å². The predicted octanol–water partition coefficient (Wildman–Crippen LogP) is 2.80. The van der Waals surface area contributed by atoms with Crippen LogP contribution in [-0.4, -0.2) is 11.3 Å². The lowest BCUT2D eigenvalue weighted by molar-refractivity contribution is -0.121. The SMILES string of the molecule is CCCCCCCCC(=O)C1(N)CC1. The van der Waals surface area contributed by atoms with Crippen molar-refractivity contribution in [2.45, 2.75) is 70.3 Å².